The van der Waals surface area contributed by atoms with Crippen LogP contribution in [0.5, 0.6) is 0 Å². The molecule has 1 atom stereocenters. The lowest BCUT2D eigenvalue weighted by Gasteiger charge is -2.00. The molecule has 0 saturated carbocycles. The van der Waals surface area contributed by atoms with Crippen molar-refractivity contribution in [2.45, 2.75) is 18.2 Å². The zero-order chi connectivity index (χ0) is 12.4. The summed E-state index contributed by atoms with van der Waals surface area (Å²) in [6, 6.07) is 6.06. The molecule has 1 unspecified atom stereocenters. The van der Waals surface area contributed by atoms with E-state index in [0.29, 0.717) is 4.83 Å². The summed E-state index contributed by atoms with van der Waals surface area (Å²) >= 11 is 12.2. The van der Waals surface area contributed by atoms with Crippen LogP contribution in [0.2, 0.25) is 0 Å². The Balaban J connectivity index is 2.37. The molecule has 2 nitrogen and oxygen atoms in total. The van der Waals surface area contributed by atoms with E-state index < -0.39 is 0 Å². The van der Waals surface area contributed by atoms with Crippen molar-refractivity contribution in [3.05, 3.63) is 32.2 Å². The standard InChI is InChI=1S/C11H9Br3N2S/c1-2-8(13)11-16-15-10(17-11)7-4-3-6(12)5-9(7)14/h3-5,8H,2H2,1H3. The van der Waals surface area contributed by atoms with E-state index in [0.717, 1.165) is 30.9 Å². The molecule has 0 aliphatic rings. The topological polar surface area (TPSA) is 25.8 Å². The molecule has 90 valence electrons. The number of nitrogens with zero attached hydrogens (tertiary/aromatic N) is 2. The van der Waals surface area contributed by atoms with Gasteiger partial charge in [-0.25, -0.2) is 0 Å². The molecule has 0 fully saturated rings. The maximum Gasteiger partial charge on any atom is 0.148 e. The first-order chi connectivity index (χ1) is 8.11. The Hall–Kier alpha value is 0.220. The Morgan fingerprint density at radius 3 is 2.71 bits per heavy atom. The van der Waals surface area contributed by atoms with Crippen molar-refractivity contribution in [2.24, 2.45) is 0 Å². The second kappa shape index (κ2) is 5.91. The van der Waals surface area contributed by atoms with Crippen LogP contribution in [-0.2, 0) is 0 Å². The second-order valence-electron chi connectivity index (χ2n) is 3.45. The number of benzene rings is 1. The SMILES string of the molecule is CCC(Br)c1nnc(-c2ccc(Br)cc2Br)s1. The second-order valence-corrected chi connectivity index (χ2v) is 7.33. The molecule has 0 N–H and O–H groups in total. The fourth-order valence-corrected chi connectivity index (χ4v) is 3.99. The van der Waals surface area contributed by atoms with Crippen LogP contribution in [0.3, 0.4) is 0 Å². The summed E-state index contributed by atoms with van der Waals surface area (Å²) in [5.74, 6) is 0. The molecule has 2 rings (SSSR count). The zero-order valence-corrected chi connectivity index (χ0v) is 14.5. The number of hydrogen-bond acceptors (Lipinski definition) is 3. The van der Waals surface area contributed by atoms with E-state index in [1.54, 1.807) is 11.3 Å². The van der Waals surface area contributed by atoms with Gasteiger partial charge in [0.25, 0.3) is 0 Å². The maximum atomic E-state index is 4.24. The van der Waals surface area contributed by atoms with Gasteiger partial charge in [0.2, 0.25) is 0 Å². The lowest BCUT2D eigenvalue weighted by molar-refractivity contribution is 0.870. The summed E-state index contributed by atoms with van der Waals surface area (Å²) in [5.41, 5.74) is 1.08. The molecule has 0 radical (unpaired) electrons. The van der Waals surface area contributed by atoms with Crippen molar-refractivity contribution in [2.75, 3.05) is 0 Å². The van der Waals surface area contributed by atoms with Gasteiger partial charge in [-0.15, -0.1) is 10.2 Å². The fourth-order valence-electron chi connectivity index (χ4n) is 1.31. The summed E-state index contributed by atoms with van der Waals surface area (Å²) in [6.45, 7) is 2.12. The van der Waals surface area contributed by atoms with Crippen LogP contribution in [0.1, 0.15) is 23.2 Å². The summed E-state index contributed by atoms with van der Waals surface area (Å²) in [4.78, 5) is 0.294. The minimum Gasteiger partial charge on any atom is -0.142 e. The Bertz CT molecular complexity index is 527. The Kier molecular flexibility index (Phi) is 4.74. The van der Waals surface area contributed by atoms with Gasteiger partial charge >= 0.3 is 0 Å². The fraction of sp³-hybridized carbons (Fsp3) is 0.273. The molecule has 1 heterocycles. The molecule has 1 aromatic heterocycles. The third kappa shape index (κ3) is 3.16. The van der Waals surface area contributed by atoms with Gasteiger partial charge < -0.3 is 0 Å². The molecule has 2 aromatic rings. The summed E-state index contributed by atoms with van der Waals surface area (Å²) in [5, 5.41) is 10.4. The monoisotopic (exact) mass is 438 g/mol. The highest BCUT2D eigenvalue weighted by Gasteiger charge is 2.14. The van der Waals surface area contributed by atoms with Crippen LogP contribution in [0.25, 0.3) is 10.6 Å². The van der Waals surface area contributed by atoms with Gasteiger partial charge in [0.15, 0.2) is 0 Å². The highest BCUT2D eigenvalue weighted by molar-refractivity contribution is 9.11. The minimum absolute atomic E-state index is 0.294. The van der Waals surface area contributed by atoms with E-state index in [2.05, 4.69) is 64.9 Å². The number of alkyl halides is 1. The lowest BCUT2D eigenvalue weighted by Crippen LogP contribution is -1.84. The molecule has 0 spiro atoms. The third-order valence-electron chi connectivity index (χ3n) is 2.23. The quantitative estimate of drug-likeness (QED) is 0.582. The molecule has 0 bridgehead atoms. The van der Waals surface area contributed by atoms with Crippen LogP contribution >= 0.6 is 59.1 Å². The lowest BCUT2D eigenvalue weighted by atomic mass is 10.2. The molecule has 0 aliphatic carbocycles. The number of aromatic nitrogens is 2. The zero-order valence-electron chi connectivity index (χ0n) is 8.95. The van der Waals surface area contributed by atoms with Gasteiger partial charge in [-0.3, -0.25) is 0 Å². The van der Waals surface area contributed by atoms with Crippen LogP contribution in [0, 0.1) is 0 Å². The first-order valence-corrected chi connectivity index (χ1v) is 8.36. The number of rotatable bonds is 3. The van der Waals surface area contributed by atoms with E-state index in [9.17, 15) is 0 Å². The summed E-state index contributed by atoms with van der Waals surface area (Å²) in [7, 11) is 0. The third-order valence-corrected chi connectivity index (χ3v) is 5.83. The first-order valence-electron chi connectivity index (χ1n) is 5.04. The summed E-state index contributed by atoms with van der Waals surface area (Å²) < 4.78 is 2.07. The Morgan fingerprint density at radius 1 is 1.29 bits per heavy atom. The predicted molar refractivity (Wildman–Crippen MR) is 82.7 cm³/mol. The van der Waals surface area contributed by atoms with Crippen molar-refractivity contribution in [1.29, 1.82) is 0 Å². The minimum atomic E-state index is 0.294. The highest BCUT2D eigenvalue weighted by Crippen LogP contribution is 2.36. The number of hydrogen-bond donors (Lipinski definition) is 0. The van der Waals surface area contributed by atoms with E-state index >= 15 is 0 Å². The largest absolute Gasteiger partial charge is 0.148 e. The molecule has 0 amide bonds. The van der Waals surface area contributed by atoms with Gasteiger partial charge in [0.05, 0.1) is 4.83 Å². The van der Waals surface area contributed by atoms with Crippen molar-refractivity contribution in [1.82, 2.24) is 10.2 Å². The van der Waals surface area contributed by atoms with Crippen molar-refractivity contribution in [3.8, 4) is 10.6 Å². The molecule has 0 aliphatic heterocycles. The van der Waals surface area contributed by atoms with Crippen LogP contribution in [0.4, 0.5) is 0 Å². The van der Waals surface area contributed by atoms with Crippen LogP contribution < -0.4 is 0 Å². The first kappa shape index (κ1) is 13.6. The van der Waals surface area contributed by atoms with Crippen molar-refractivity contribution in [3.63, 3.8) is 0 Å². The van der Waals surface area contributed by atoms with E-state index in [1.807, 2.05) is 18.2 Å². The average molecular weight is 441 g/mol. The predicted octanol–water partition coefficient (Wildman–Crippen LogP) is 5.58. The van der Waals surface area contributed by atoms with Gasteiger partial charge in [-0.1, -0.05) is 66.1 Å². The molecule has 17 heavy (non-hydrogen) atoms. The van der Waals surface area contributed by atoms with E-state index in [4.69, 9.17) is 0 Å². The summed E-state index contributed by atoms with van der Waals surface area (Å²) in [6.07, 6.45) is 1.01. The highest BCUT2D eigenvalue weighted by atomic mass is 79.9. The van der Waals surface area contributed by atoms with Gasteiger partial charge in [0, 0.05) is 14.5 Å². The molecular formula is C11H9Br3N2S. The average Bonchev–Trinajstić information content (AvgIpc) is 2.77. The normalized spacial score (nSPS) is 12.7. The molecule has 6 heteroatoms. The Labute approximate surface area is 129 Å². The van der Waals surface area contributed by atoms with Gasteiger partial charge in [-0.2, -0.15) is 0 Å². The molecule has 0 saturated heterocycles. The van der Waals surface area contributed by atoms with Gasteiger partial charge in [-0.05, 0) is 24.6 Å². The van der Waals surface area contributed by atoms with Crippen LogP contribution in [0.15, 0.2) is 27.1 Å². The Morgan fingerprint density at radius 2 is 2.06 bits per heavy atom. The van der Waals surface area contributed by atoms with Crippen molar-refractivity contribution < 1.29 is 0 Å². The molecule has 1 aromatic carbocycles. The van der Waals surface area contributed by atoms with E-state index in [-0.39, 0.29) is 0 Å². The molecular weight excluding hydrogens is 432 g/mol. The number of halogens is 3. The van der Waals surface area contributed by atoms with Crippen LogP contribution in [-0.4, -0.2) is 10.2 Å². The van der Waals surface area contributed by atoms with Crippen molar-refractivity contribution >= 4 is 59.1 Å². The maximum absolute atomic E-state index is 4.24. The van der Waals surface area contributed by atoms with E-state index in [1.165, 1.54) is 0 Å². The smallest absolute Gasteiger partial charge is 0.142 e. The van der Waals surface area contributed by atoms with Gasteiger partial charge in [0.1, 0.15) is 10.0 Å².